The van der Waals surface area contributed by atoms with E-state index in [0.29, 0.717) is 12.1 Å². The Balaban J connectivity index is 2.01. The number of hydrogen-bond acceptors (Lipinski definition) is 5. The number of benzene rings is 1. The summed E-state index contributed by atoms with van der Waals surface area (Å²) in [5, 5.41) is 4.42. The van der Waals surface area contributed by atoms with Crippen LogP contribution in [0.4, 0.5) is 5.69 Å². The molecule has 0 spiro atoms. The Hall–Kier alpha value is -1.88. The van der Waals surface area contributed by atoms with Crippen LogP contribution in [0.1, 0.15) is 27.2 Å². The highest BCUT2D eigenvalue weighted by atomic mass is 32.1. The Morgan fingerprint density at radius 2 is 2.32 bits per heavy atom. The van der Waals surface area contributed by atoms with Crippen LogP contribution in [0.15, 0.2) is 30.5 Å². The van der Waals surface area contributed by atoms with E-state index in [2.05, 4.69) is 17.2 Å². The number of anilines is 1. The van der Waals surface area contributed by atoms with Gasteiger partial charge in [-0.2, -0.15) is 0 Å². The number of carbonyl (C=O) groups is 1. The van der Waals surface area contributed by atoms with E-state index in [1.54, 1.807) is 23.5 Å². The average molecular weight is 276 g/mol. The van der Waals surface area contributed by atoms with Crippen LogP contribution in [0.3, 0.4) is 0 Å². The summed E-state index contributed by atoms with van der Waals surface area (Å²) >= 11 is 1.70. The quantitative estimate of drug-likeness (QED) is 0.853. The zero-order valence-corrected chi connectivity index (χ0v) is 11.8. The number of methoxy groups -OCH3 is 1. The predicted octanol–water partition coefficient (Wildman–Crippen LogP) is 3.10. The van der Waals surface area contributed by atoms with Gasteiger partial charge in [0.1, 0.15) is 0 Å². The summed E-state index contributed by atoms with van der Waals surface area (Å²) in [6.45, 7) is 2.80. The van der Waals surface area contributed by atoms with Crippen molar-refractivity contribution in [1.29, 1.82) is 0 Å². The SMILES string of the molecule is CCc1ncc(CNc2cccc(C(=O)OC)c2)s1. The van der Waals surface area contributed by atoms with Crippen LogP contribution in [0.5, 0.6) is 0 Å². The smallest absolute Gasteiger partial charge is 0.337 e. The molecule has 0 unspecified atom stereocenters. The number of aromatic nitrogens is 1. The number of nitrogens with zero attached hydrogens (tertiary/aromatic N) is 1. The minimum absolute atomic E-state index is 0.324. The van der Waals surface area contributed by atoms with Crippen LogP contribution in [-0.4, -0.2) is 18.1 Å². The molecule has 1 heterocycles. The van der Waals surface area contributed by atoms with E-state index in [4.69, 9.17) is 4.74 Å². The first-order chi connectivity index (χ1) is 9.22. The maximum atomic E-state index is 11.4. The van der Waals surface area contributed by atoms with Crippen molar-refractivity contribution in [2.75, 3.05) is 12.4 Å². The largest absolute Gasteiger partial charge is 0.465 e. The van der Waals surface area contributed by atoms with Gasteiger partial charge in [-0.1, -0.05) is 13.0 Å². The van der Waals surface area contributed by atoms with Gasteiger partial charge in [0.25, 0.3) is 0 Å². The number of hydrogen-bond donors (Lipinski definition) is 1. The van der Waals surface area contributed by atoms with E-state index in [0.717, 1.165) is 17.1 Å². The molecule has 0 bridgehead atoms. The molecule has 0 saturated heterocycles. The van der Waals surface area contributed by atoms with E-state index in [1.165, 1.54) is 12.0 Å². The van der Waals surface area contributed by atoms with Crippen LogP contribution in [0.25, 0.3) is 0 Å². The predicted molar refractivity (Wildman–Crippen MR) is 76.6 cm³/mol. The maximum absolute atomic E-state index is 11.4. The topological polar surface area (TPSA) is 51.2 Å². The molecule has 1 N–H and O–H groups in total. The highest BCUT2D eigenvalue weighted by Crippen LogP contribution is 2.17. The van der Waals surface area contributed by atoms with Crippen LogP contribution in [-0.2, 0) is 17.7 Å². The number of nitrogens with one attached hydrogen (secondary N) is 1. The second-order valence-electron chi connectivity index (χ2n) is 4.00. The number of ether oxygens (including phenoxy) is 1. The summed E-state index contributed by atoms with van der Waals surface area (Å²) in [6, 6.07) is 7.28. The number of aryl methyl sites for hydroxylation is 1. The van der Waals surface area contributed by atoms with Crippen LogP contribution >= 0.6 is 11.3 Å². The van der Waals surface area contributed by atoms with Gasteiger partial charge in [-0.3, -0.25) is 0 Å². The summed E-state index contributed by atoms with van der Waals surface area (Å²) in [5.74, 6) is -0.324. The molecule has 0 aliphatic carbocycles. The fourth-order valence-corrected chi connectivity index (χ4v) is 2.46. The molecule has 0 radical (unpaired) electrons. The monoisotopic (exact) mass is 276 g/mol. The number of esters is 1. The van der Waals surface area contributed by atoms with Crippen molar-refractivity contribution in [2.45, 2.75) is 19.9 Å². The average Bonchev–Trinajstić information content (AvgIpc) is 2.92. The second kappa shape index (κ2) is 6.33. The Labute approximate surface area is 116 Å². The van der Waals surface area contributed by atoms with E-state index in [-0.39, 0.29) is 5.97 Å². The van der Waals surface area contributed by atoms with Crippen molar-refractivity contribution >= 4 is 23.0 Å². The molecule has 0 amide bonds. The van der Waals surface area contributed by atoms with Gasteiger partial charge < -0.3 is 10.1 Å². The molecular formula is C14H16N2O2S. The minimum Gasteiger partial charge on any atom is -0.465 e. The first kappa shape index (κ1) is 13.5. The fraction of sp³-hybridized carbons (Fsp3) is 0.286. The Morgan fingerprint density at radius 3 is 3.00 bits per heavy atom. The third kappa shape index (κ3) is 3.54. The minimum atomic E-state index is -0.324. The third-order valence-electron chi connectivity index (χ3n) is 2.65. The van der Waals surface area contributed by atoms with Crippen molar-refractivity contribution in [3.05, 3.63) is 45.9 Å². The van der Waals surface area contributed by atoms with Gasteiger partial charge in [0.15, 0.2) is 0 Å². The Kier molecular flexibility index (Phi) is 4.52. The van der Waals surface area contributed by atoms with Crippen molar-refractivity contribution in [1.82, 2.24) is 4.98 Å². The van der Waals surface area contributed by atoms with Crippen molar-refractivity contribution < 1.29 is 9.53 Å². The van der Waals surface area contributed by atoms with Gasteiger partial charge in [0.05, 0.1) is 24.2 Å². The molecule has 2 rings (SSSR count). The lowest BCUT2D eigenvalue weighted by molar-refractivity contribution is 0.0601. The van der Waals surface area contributed by atoms with Crippen molar-refractivity contribution in [3.8, 4) is 0 Å². The summed E-state index contributed by atoms with van der Waals surface area (Å²) in [7, 11) is 1.38. The van der Waals surface area contributed by atoms with E-state index >= 15 is 0 Å². The molecular weight excluding hydrogens is 260 g/mol. The van der Waals surface area contributed by atoms with Gasteiger partial charge in [-0.15, -0.1) is 11.3 Å². The molecule has 19 heavy (non-hydrogen) atoms. The molecule has 0 aliphatic heterocycles. The molecule has 0 atom stereocenters. The van der Waals surface area contributed by atoms with Crippen LogP contribution < -0.4 is 5.32 Å². The number of carbonyl (C=O) groups excluding carboxylic acids is 1. The third-order valence-corrected chi connectivity index (χ3v) is 3.80. The molecule has 100 valence electrons. The second-order valence-corrected chi connectivity index (χ2v) is 5.20. The lowest BCUT2D eigenvalue weighted by Gasteiger charge is -2.06. The summed E-state index contributed by atoms with van der Waals surface area (Å²) in [5.41, 5.74) is 1.44. The van der Waals surface area contributed by atoms with Crippen LogP contribution in [0.2, 0.25) is 0 Å². The zero-order valence-electron chi connectivity index (χ0n) is 11.0. The van der Waals surface area contributed by atoms with Crippen molar-refractivity contribution in [3.63, 3.8) is 0 Å². The molecule has 2 aromatic rings. The molecule has 0 aliphatic rings. The molecule has 5 heteroatoms. The summed E-state index contributed by atoms with van der Waals surface area (Å²) in [4.78, 5) is 16.9. The molecule has 4 nitrogen and oxygen atoms in total. The van der Waals surface area contributed by atoms with E-state index < -0.39 is 0 Å². The Morgan fingerprint density at radius 1 is 1.47 bits per heavy atom. The summed E-state index contributed by atoms with van der Waals surface area (Å²) in [6.07, 6.45) is 2.85. The van der Waals surface area contributed by atoms with E-state index in [1.807, 2.05) is 18.3 Å². The van der Waals surface area contributed by atoms with Crippen molar-refractivity contribution in [2.24, 2.45) is 0 Å². The first-order valence-electron chi connectivity index (χ1n) is 6.08. The highest BCUT2D eigenvalue weighted by molar-refractivity contribution is 7.11. The number of thiazole rings is 1. The van der Waals surface area contributed by atoms with E-state index in [9.17, 15) is 4.79 Å². The lowest BCUT2D eigenvalue weighted by Crippen LogP contribution is -2.03. The Bertz CT molecular complexity index is 566. The molecule has 1 aromatic heterocycles. The molecule has 1 aromatic carbocycles. The standard InChI is InChI=1S/C14H16N2O2S/c1-3-13-16-9-12(19-13)8-15-11-6-4-5-10(7-11)14(17)18-2/h4-7,9,15H,3,8H2,1-2H3. The van der Waals surface area contributed by atoms with Gasteiger partial charge >= 0.3 is 5.97 Å². The maximum Gasteiger partial charge on any atom is 0.337 e. The molecule has 0 saturated carbocycles. The number of rotatable bonds is 5. The highest BCUT2D eigenvalue weighted by Gasteiger charge is 2.06. The normalized spacial score (nSPS) is 10.2. The molecule has 0 fully saturated rings. The van der Waals surface area contributed by atoms with Gasteiger partial charge in [0.2, 0.25) is 0 Å². The fourth-order valence-electron chi connectivity index (χ4n) is 1.66. The summed E-state index contributed by atoms with van der Waals surface area (Å²) < 4.78 is 4.70. The van der Waals surface area contributed by atoms with Crippen LogP contribution in [0, 0.1) is 0 Å². The van der Waals surface area contributed by atoms with Gasteiger partial charge in [-0.25, -0.2) is 9.78 Å². The zero-order chi connectivity index (χ0) is 13.7. The van der Waals surface area contributed by atoms with Gasteiger partial charge in [0, 0.05) is 16.8 Å². The first-order valence-corrected chi connectivity index (χ1v) is 6.90. The van der Waals surface area contributed by atoms with Gasteiger partial charge in [-0.05, 0) is 24.6 Å². The lowest BCUT2D eigenvalue weighted by atomic mass is 10.2.